The number of fused-ring (bicyclic) bond motifs is 1. The summed E-state index contributed by atoms with van der Waals surface area (Å²) in [6, 6.07) is 22.5. The first-order valence-electron chi connectivity index (χ1n) is 11.7. The van der Waals surface area contributed by atoms with Crippen LogP contribution in [0.5, 0.6) is 5.75 Å². The molecule has 0 fully saturated rings. The highest BCUT2D eigenvalue weighted by Gasteiger charge is 2.31. The van der Waals surface area contributed by atoms with Crippen molar-refractivity contribution < 1.29 is 27.8 Å². The number of aromatic carboxylic acids is 1. The highest BCUT2D eigenvalue weighted by Crippen LogP contribution is 2.40. The molecule has 39 heavy (non-hydrogen) atoms. The molecule has 0 radical (unpaired) electrons. The molecule has 0 bridgehead atoms. The molecule has 4 aromatic carbocycles. The van der Waals surface area contributed by atoms with E-state index in [1.54, 1.807) is 25.3 Å². The van der Waals surface area contributed by atoms with Gasteiger partial charge < -0.3 is 14.4 Å². The molecule has 0 amide bonds. The van der Waals surface area contributed by atoms with Crippen LogP contribution in [0.4, 0.5) is 13.2 Å². The summed E-state index contributed by atoms with van der Waals surface area (Å²) in [7, 11) is 1.57. The zero-order valence-corrected chi connectivity index (χ0v) is 21.9. The number of methoxy groups -OCH3 is 1. The molecule has 0 spiro atoms. The van der Waals surface area contributed by atoms with Crippen LogP contribution in [0.25, 0.3) is 33.2 Å². The van der Waals surface area contributed by atoms with E-state index in [1.165, 1.54) is 22.8 Å². The zero-order valence-electron chi connectivity index (χ0n) is 20.4. The number of carboxylic acid groups (broad SMARTS) is 1. The number of halogens is 5. The lowest BCUT2D eigenvalue weighted by Gasteiger charge is -2.12. The third kappa shape index (κ3) is 5.33. The van der Waals surface area contributed by atoms with E-state index in [0.717, 1.165) is 23.3 Å². The minimum absolute atomic E-state index is 0.0902. The third-order valence-electron chi connectivity index (χ3n) is 6.44. The van der Waals surface area contributed by atoms with E-state index < -0.39 is 17.7 Å². The van der Waals surface area contributed by atoms with Gasteiger partial charge in [-0.25, -0.2) is 4.79 Å². The lowest BCUT2D eigenvalue weighted by atomic mass is 9.98. The van der Waals surface area contributed by atoms with Gasteiger partial charge in [-0.15, -0.1) is 0 Å². The Hall–Kier alpha value is -3.94. The molecule has 1 N–H and O–H groups in total. The molecular weight excluding hydrogens is 550 g/mol. The number of carbonyl (C=O) groups is 1. The fraction of sp³-hybridized carbons (Fsp3) is 0.100. The van der Waals surface area contributed by atoms with Crippen molar-refractivity contribution in [1.29, 1.82) is 0 Å². The van der Waals surface area contributed by atoms with E-state index in [9.17, 15) is 23.1 Å². The summed E-state index contributed by atoms with van der Waals surface area (Å²) in [6.07, 6.45) is -4.53. The van der Waals surface area contributed by atoms with Crippen molar-refractivity contribution >= 4 is 40.1 Å². The number of carboxylic acids is 1. The average Bonchev–Trinajstić information content (AvgIpc) is 3.21. The van der Waals surface area contributed by atoms with E-state index in [1.807, 2.05) is 36.4 Å². The van der Waals surface area contributed by atoms with Gasteiger partial charge in [0.05, 0.1) is 12.7 Å². The molecule has 1 heterocycles. The molecule has 1 aromatic heterocycles. The maximum atomic E-state index is 13.4. The quantitative estimate of drug-likeness (QED) is 0.222. The topological polar surface area (TPSA) is 51.5 Å². The Labute approximate surface area is 231 Å². The van der Waals surface area contributed by atoms with E-state index in [4.69, 9.17) is 27.9 Å². The number of hydrogen-bond acceptors (Lipinski definition) is 2. The minimum atomic E-state index is -4.53. The molecular formula is C30H20Cl2F3NO3. The smallest absolute Gasteiger partial charge is 0.416 e. The van der Waals surface area contributed by atoms with Crippen LogP contribution in [0.3, 0.4) is 0 Å². The molecule has 4 nitrogen and oxygen atoms in total. The SMILES string of the molecule is COc1ccc(-c2ccc3c(c2)c(-c2cc(Cl)cc(Cl)c2)c(C(=O)O)n3Cc2cccc(C(F)(F)F)c2)cc1. The zero-order chi connectivity index (χ0) is 27.9. The fourth-order valence-corrected chi connectivity index (χ4v) is 5.25. The molecule has 0 saturated heterocycles. The molecule has 5 rings (SSSR count). The van der Waals surface area contributed by atoms with Crippen molar-refractivity contribution in [2.75, 3.05) is 7.11 Å². The monoisotopic (exact) mass is 569 g/mol. The van der Waals surface area contributed by atoms with Crippen LogP contribution in [0, 0.1) is 0 Å². The van der Waals surface area contributed by atoms with Gasteiger partial charge in [-0.05, 0) is 76.9 Å². The molecule has 0 aliphatic rings. The van der Waals surface area contributed by atoms with Crippen LogP contribution in [0.15, 0.2) is 84.9 Å². The van der Waals surface area contributed by atoms with Crippen LogP contribution in [0.1, 0.15) is 21.6 Å². The summed E-state index contributed by atoms with van der Waals surface area (Å²) in [5.74, 6) is -0.551. The van der Waals surface area contributed by atoms with Gasteiger partial charge in [-0.1, -0.05) is 53.5 Å². The third-order valence-corrected chi connectivity index (χ3v) is 6.87. The molecule has 0 unspecified atom stereocenters. The van der Waals surface area contributed by atoms with Crippen LogP contribution >= 0.6 is 23.2 Å². The Bertz CT molecular complexity index is 1690. The van der Waals surface area contributed by atoms with Crippen LogP contribution in [0.2, 0.25) is 10.0 Å². The molecule has 0 aliphatic heterocycles. The fourth-order valence-electron chi connectivity index (χ4n) is 4.72. The molecule has 9 heteroatoms. The standard InChI is InChI=1S/C30H20Cl2F3NO3/c1-39-24-8-5-18(6-9-24)19-7-10-26-25(14-19)27(20-12-22(31)15-23(32)13-20)28(29(37)38)36(26)16-17-3-2-4-21(11-17)30(33,34)35/h2-15H,16H2,1H3,(H,37,38). The highest BCUT2D eigenvalue weighted by molar-refractivity contribution is 6.35. The first kappa shape index (κ1) is 26.7. The van der Waals surface area contributed by atoms with Gasteiger partial charge in [0.2, 0.25) is 0 Å². The maximum absolute atomic E-state index is 13.4. The summed E-state index contributed by atoms with van der Waals surface area (Å²) in [5.41, 5.74) is 2.47. The number of rotatable bonds is 6. The molecule has 5 aromatic rings. The van der Waals surface area contributed by atoms with Crippen molar-refractivity contribution in [1.82, 2.24) is 4.57 Å². The van der Waals surface area contributed by atoms with Gasteiger partial charge in [0.1, 0.15) is 11.4 Å². The number of ether oxygens (including phenoxy) is 1. The van der Waals surface area contributed by atoms with Crippen molar-refractivity contribution in [2.24, 2.45) is 0 Å². The van der Waals surface area contributed by atoms with Gasteiger partial charge in [-0.2, -0.15) is 13.2 Å². The van der Waals surface area contributed by atoms with Gasteiger partial charge in [0.25, 0.3) is 0 Å². The second kappa shape index (κ2) is 10.3. The number of alkyl halides is 3. The Balaban J connectivity index is 1.77. The van der Waals surface area contributed by atoms with E-state index in [0.29, 0.717) is 43.4 Å². The average molecular weight is 570 g/mol. The van der Waals surface area contributed by atoms with Crippen molar-refractivity contribution in [3.8, 4) is 28.0 Å². The molecule has 198 valence electrons. The second-order valence-corrected chi connectivity index (χ2v) is 9.80. The lowest BCUT2D eigenvalue weighted by Crippen LogP contribution is -2.12. The number of aromatic nitrogens is 1. The Morgan fingerprint density at radius 3 is 2.15 bits per heavy atom. The number of nitrogens with zero attached hydrogens (tertiary/aromatic N) is 1. The predicted octanol–water partition coefficient (Wildman–Crippen LogP) is 9.06. The lowest BCUT2D eigenvalue weighted by molar-refractivity contribution is -0.137. The van der Waals surface area contributed by atoms with E-state index in [2.05, 4.69) is 0 Å². The van der Waals surface area contributed by atoms with E-state index in [-0.39, 0.29) is 12.2 Å². The van der Waals surface area contributed by atoms with Gasteiger partial charge >= 0.3 is 12.1 Å². The second-order valence-electron chi connectivity index (χ2n) is 8.93. The van der Waals surface area contributed by atoms with Crippen LogP contribution in [-0.2, 0) is 12.7 Å². The van der Waals surface area contributed by atoms with Crippen molar-refractivity contribution in [2.45, 2.75) is 12.7 Å². The first-order chi connectivity index (χ1) is 18.5. The summed E-state index contributed by atoms with van der Waals surface area (Å²) in [5, 5.41) is 11.6. The Morgan fingerprint density at radius 2 is 1.54 bits per heavy atom. The summed E-state index contributed by atoms with van der Waals surface area (Å²) in [4.78, 5) is 12.7. The normalized spacial score (nSPS) is 11.6. The largest absolute Gasteiger partial charge is 0.497 e. The van der Waals surface area contributed by atoms with Crippen LogP contribution in [-0.4, -0.2) is 22.8 Å². The predicted molar refractivity (Wildman–Crippen MR) is 147 cm³/mol. The number of hydrogen-bond donors (Lipinski definition) is 1. The minimum Gasteiger partial charge on any atom is -0.497 e. The first-order valence-corrected chi connectivity index (χ1v) is 12.5. The van der Waals surface area contributed by atoms with Crippen molar-refractivity contribution in [3.63, 3.8) is 0 Å². The summed E-state index contributed by atoms with van der Waals surface area (Å²) >= 11 is 12.6. The van der Waals surface area contributed by atoms with Gasteiger partial charge in [0.15, 0.2) is 0 Å². The Kier molecular flexibility index (Phi) is 7.05. The molecule has 0 atom stereocenters. The maximum Gasteiger partial charge on any atom is 0.416 e. The van der Waals surface area contributed by atoms with Crippen LogP contribution < -0.4 is 4.74 Å². The van der Waals surface area contributed by atoms with Gasteiger partial charge in [-0.3, -0.25) is 0 Å². The van der Waals surface area contributed by atoms with Crippen molar-refractivity contribution in [3.05, 3.63) is 112 Å². The number of benzene rings is 4. The molecule has 0 aliphatic carbocycles. The Morgan fingerprint density at radius 1 is 0.872 bits per heavy atom. The summed E-state index contributed by atoms with van der Waals surface area (Å²) in [6.45, 7) is -0.0990. The molecule has 0 saturated carbocycles. The highest BCUT2D eigenvalue weighted by atomic mass is 35.5. The van der Waals surface area contributed by atoms with E-state index >= 15 is 0 Å². The summed E-state index contributed by atoms with van der Waals surface area (Å²) < 4.78 is 46.9. The van der Waals surface area contributed by atoms with Gasteiger partial charge in [0, 0.05) is 33.1 Å².